The summed E-state index contributed by atoms with van der Waals surface area (Å²) in [7, 11) is 0. The van der Waals surface area contributed by atoms with Gasteiger partial charge in [-0.1, -0.05) is 18.6 Å². The molecule has 0 radical (unpaired) electrons. The van der Waals surface area contributed by atoms with Gasteiger partial charge in [0.15, 0.2) is 0 Å². The van der Waals surface area contributed by atoms with Crippen LogP contribution in [0.4, 0.5) is 5.69 Å². The molecule has 80 valence electrons. The fourth-order valence-corrected chi connectivity index (χ4v) is 1.95. The number of nitrogen functional groups attached to an aromatic ring is 1. The summed E-state index contributed by atoms with van der Waals surface area (Å²) in [5, 5.41) is 0. The predicted octanol–water partition coefficient (Wildman–Crippen LogP) is 2.57. The molecule has 0 bridgehead atoms. The zero-order valence-corrected chi connectivity index (χ0v) is 8.91. The number of benzene rings is 1. The van der Waals surface area contributed by atoms with Gasteiger partial charge in [-0.15, -0.1) is 0 Å². The van der Waals surface area contributed by atoms with E-state index in [2.05, 4.69) is 0 Å². The molecule has 1 fully saturated rings. The number of nitrogens with two attached hydrogens (primary N) is 1. The average molecular weight is 203 g/mol. The molecule has 1 aliphatic carbocycles. The number of carbonyl (C=O) groups is 1. The summed E-state index contributed by atoms with van der Waals surface area (Å²) in [5.74, 6) is 0.801. The minimum Gasteiger partial charge on any atom is -0.399 e. The summed E-state index contributed by atoms with van der Waals surface area (Å²) < 4.78 is 0. The smallest absolute Gasteiger partial charge is 0.136 e. The molecular formula is C13H17NO. The number of rotatable bonds is 4. The van der Waals surface area contributed by atoms with Crippen molar-refractivity contribution in [3.8, 4) is 0 Å². The second-order valence-corrected chi connectivity index (χ2v) is 4.34. The Morgan fingerprint density at radius 1 is 1.40 bits per heavy atom. The number of hydrogen-bond acceptors (Lipinski definition) is 2. The zero-order chi connectivity index (χ0) is 10.7. The molecule has 0 unspecified atom stereocenters. The van der Waals surface area contributed by atoms with Gasteiger partial charge in [0, 0.05) is 18.0 Å². The molecular weight excluding hydrogens is 186 g/mol. The van der Waals surface area contributed by atoms with Crippen molar-refractivity contribution < 1.29 is 4.79 Å². The SMILES string of the molecule is Nc1cccc(CCC(=O)C2CCC2)c1. The highest BCUT2D eigenvalue weighted by molar-refractivity contribution is 5.81. The second-order valence-electron chi connectivity index (χ2n) is 4.34. The first-order valence-electron chi connectivity index (χ1n) is 5.63. The number of aryl methyl sites for hydroxylation is 1. The quantitative estimate of drug-likeness (QED) is 0.764. The first kappa shape index (κ1) is 10.2. The van der Waals surface area contributed by atoms with E-state index < -0.39 is 0 Å². The standard InChI is InChI=1S/C13H17NO/c14-12-6-1-3-10(9-12)7-8-13(15)11-4-2-5-11/h1,3,6,9,11H,2,4-5,7-8,14H2. The van der Waals surface area contributed by atoms with E-state index in [9.17, 15) is 4.79 Å². The van der Waals surface area contributed by atoms with Crippen molar-refractivity contribution >= 4 is 11.5 Å². The van der Waals surface area contributed by atoms with Crippen LogP contribution in [-0.4, -0.2) is 5.78 Å². The Balaban J connectivity index is 1.84. The van der Waals surface area contributed by atoms with Crippen molar-refractivity contribution in [2.75, 3.05) is 5.73 Å². The fraction of sp³-hybridized carbons (Fsp3) is 0.462. The minimum atomic E-state index is 0.367. The van der Waals surface area contributed by atoms with Gasteiger partial charge in [-0.3, -0.25) is 4.79 Å². The van der Waals surface area contributed by atoms with Crippen LogP contribution >= 0.6 is 0 Å². The van der Waals surface area contributed by atoms with E-state index in [0.717, 1.165) is 24.9 Å². The van der Waals surface area contributed by atoms with E-state index in [0.29, 0.717) is 18.1 Å². The van der Waals surface area contributed by atoms with Crippen molar-refractivity contribution in [1.82, 2.24) is 0 Å². The molecule has 0 atom stereocenters. The molecule has 1 saturated carbocycles. The molecule has 2 N–H and O–H groups in total. The van der Waals surface area contributed by atoms with Crippen molar-refractivity contribution in [3.63, 3.8) is 0 Å². The van der Waals surface area contributed by atoms with E-state index in [-0.39, 0.29) is 0 Å². The van der Waals surface area contributed by atoms with E-state index in [1.54, 1.807) is 0 Å². The van der Waals surface area contributed by atoms with Crippen LogP contribution in [0.3, 0.4) is 0 Å². The van der Waals surface area contributed by atoms with Crippen LogP contribution in [0.2, 0.25) is 0 Å². The number of carbonyl (C=O) groups excluding carboxylic acids is 1. The Bertz CT molecular complexity index is 355. The third-order valence-corrected chi connectivity index (χ3v) is 3.17. The molecule has 1 aromatic carbocycles. The topological polar surface area (TPSA) is 43.1 Å². The predicted molar refractivity (Wildman–Crippen MR) is 61.5 cm³/mol. The van der Waals surface area contributed by atoms with Crippen molar-refractivity contribution in [2.45, 2.75) is 32.1 Å². The summed E-state index contributed by atoms with van der Waals surface area (Å²) in [4.78, 5) is 11.7. The molecule has 2 heteroatoms. The maximum atomic E-state index is 11.7. The average Bonchev–Trinajstić information content (AvgIpc) is 2.12. The Hall–Kier alpha value is -1.31. The molecule has 1 aliphatic rings. The summed E-state index contributed by atoms with van der Waals surface area (Å²) in [6, 6.07) is 7.80. The van der Waals surface area contributed by atoms with Crippen LogP contribution in [-0.2, 0) is 11.2 Å². The van der Waals surface area contributed by atoms with Gasteiger partial charge < -0.3 is 5.73 Å². The molecule has 2 rings (SSSR count). The van der Waals surface area contributed by atoms with E-state index in [1.807, 2.05) is 24.3 Å². The van der Waals surface area contributed by atoms with E-state index >= 15 is 0 Å². The highest BCUT2D eigenvalue weighted by atomic mass is 16.1. The number of hydrogen-bond donors (Lipinski definition) is 1. The lowest BCUT2D eigenvalue weighted by Crippen LogP contribution is -2.22. The molecule has 0 saturated heterocycles. The van der Waals surface area contributed by atoms with Crippen LogP contribution < -0.4 is 5.73 Å². The number of ketones is 1. The number of anilines is 1. The van der Waals surface area contributed by atoms with Gasteiger partial charge in [0.05, 0.1) is 0 Å². The van der Waals surface area contributed by atoms with Gasteiger partial charge in [0.1, 0.15) is 5.78 Å². The molecule has 2 nitrogen and oxygen atoms in total. The van der Waals surface area contributed by atoms with Gasteiger partial charge >= 0.3 is 0 Å². The lowest BCUT2D eigenvalue weighted by atomic mass is 9.80. The lowest BCUT2D eigenvalue weighted by Gasteiger charge is -2.23. The van der Waals surface area contributed by atoms with Crippen LogP contribution in [0.5, 0.6) is 0 Å². The van der Waals surface area contributed by atoms with E-state index in [4.69, 9.17) is 5.73 Å². The van der Waals surface area contributed by atoms with Crippen molar-refractivity contribution in [3.05, 3.63) is 29.8 Å². The molecule has 0 heterocycles. The summed E-state index contributed by atoms with van der Waals surface area (Å²) in [6.45, 7) is 0. The second kappa shape index (κ2) is 4.47. The summed E-state index contributed by atoms with van der Waals surface area (Å²) in [5.41, 5.74) is 7.63. The van der Waals surface area contributed by atoms with E-state index in [1.165, 1.54) is 12.0 Å². The van der Waals surface area contributed by atoms with Crippen LogP contribution in [0.25, 0.3) is 0 Å². The zero-order valence-electron chi connectivity index (χ0n) is 8.91. The van der Waals surface area contributed by atoms with Crippen molar-refractivity contribution in [2.24, 2.45) is 5.92 Å². The van der Waals surface area contributed by atoms with Gasteiger partial charge in [-0.25, -0.2) is 0 Å². The fourth-order valence-electron chi connectivity index (χ4n) is 1.95. The summed E-state index contributed by atoms with van der Waals surface area (Å²) in [6.07, 6.45) is 4.95. The first-order valence-corrected chi connectivity index (χ1v) is 5.63. The molecule has 0 aromatic heterocycles. The summed E-state index contributed by atoms with van der Waals surface area (Å²) >= 11 is 0. The monoisotopic (exact) mass is 203 g/mol. The molecule has 0 aliphatic heterocycles. The lowest BCUT2D eigenvalue weighted by molar-refractivity contribution is -0.125. The molecule has 15 heavy (non-hydrogen) atoms. The van der Waals surface area contributed by atoms with Crippen LogP contribution in [0, 0.1) is 5.92 Å². The molecule has 1 aromatic rings. The largest absolute Gasteiger partial charge is 0.399 e. The Morgan fingerprint density at radius 2 is 2.20 bits per heavy atom. The first-order chi connectivity index (χ1) is 7.25. The van der Waals surface area contributed by atoms with Crippen molar-refractivity contribution in [1.29, 1.82) is 0 Å². The van der Waals surface area contributed by atoms with Crippen LogP contribution in [0.1, 0.15) is 31.2 Å². The number of Topliss-reactive ketones (excluding diaryl/α,β-unsaturated/α-hetero) is 1. The van der Waals surface area contributed by atoms with Gasteiger partial charge in [0.2, 0.25) is 0 Å². The van der Waals surface area contributed by atoms with Gasteiger partial charge in [0.25, 0.3) is 0 Å². The maximum absolute atomic E-state index is 11.7. The minimum absolute atomic E-state index is 0.367. The highest BCUT2D eigenvalue weighted by Gasteiger charge is 2.24. The van der Waals surface area contributed by atoms with Gasteiger partial charge in [-0.2, -0.15) is 0 Å². The molecule has 0 spiro atoms. The third-order valence-electron chi connectivity index (χ3n) is 3.17. The van der Waals surface area contributed by atoms with Crippen LogP contribution in [0.15, 0.2) is 24.3 Å². The highest BCUT2D eigenvalue weighted by Crippen LogP contribution is 2.28. The Kier molecular flexibility index (Phi) is 3.05. The molecule has 0 amide bonds. The maximum Gasteiger partial charge on any atom is 0.136 e. The van der Waals surface area contributed by atoms with Gasteiger partial charge in [-0.05, 0) is 37.0 Å². The normalized spacial score (nSPS) is 16.0. The Morgan fingerprint density at radius 3 is 2.80 bits per heavy atom. The third kappa shape index (κ3) is 2.58. The Labute approximate surface area is 90.5 Å².